The van der Waals surface area contributed by atoms with E-state index in [1.54, 1.807) is 0 Å². The van der Waals surface area contributed by atoms with Gasteiger partial charge >= 0.3 is 21.1 Å². The first kappa shape index (κ1) is 30.6. The van der Waals surface area contributed by atoms with Crippen LogP contribution in [0, 0.1) is 12.1 Å². The summed E-state index contributed by atoms with van der Waals surface area (Å²) in [5.41, 5.74) is 9.19. The molecule has 4 aromatic carbocycles. The maximum absolute atomic E-state index is 6.60. The second kappa shape index (κ2) is 11.7. The van der Waals surface area contributed by atoms with E-state index in [0.29, 0.717) is 5.90 Å². The van der Waals surface area contributed by atoms with E-state index in [-0.39, 0.29) is 38.1 Å². The minimum absolute atomic E-state index is 0. The molecule has 1 fully saturated rings. The van der Waals surface area contributed by atoms with Crippen molar-refractivity contribution in [2.45, 2.75) is 70.4 Å². The van der Waals surface area contributed by atoms with Crippen molar-refractivity contribution >= 4 is 27.7 Å². The van der Waals surface area contributed by atoms with Crippen LogP contribution in [0.5, 0.6) is 0 Å². The van der Waals surface area contributed by atoms with Gasteiger partial charge in [-0.2, -0.15) is 0 Å². The van der Waals surface area contributed by atoms with Crippen LogP contribution in [-0.4, -0.2) is 27.1 Å². The Bertz CT molecular complexity index is 2110. The van der Waals surface area contributed by atoms with Crippen LogP contribution in [0.2, 0.25) is 0 Å². The van der Waals surface area contributed by atoms with Crippen LogP contribution in [0.25, 0.3) is 49.9 Å². The molecule has 1 aliphatic heterocycles. The fourth-order valence-electron chi connectivity index (χ4n) is 7.04. The molecule has 0 amide bonds. The van der Waals surface area contributed by atoms with Gasteiger partial charge in [0.15, 0.2) is 0 Å². The number of nitrogens with zero attached hydrogens (tertiary/aromatic N) is 3. The van der Waals surface area contributed by atoms with E-state index in [1.807, 2.05) is 6.20 Å². The Morgan fingerprint density at radius 3 is 2.43 bits per heavy atom. The number of rotatable bonds is 4. The molecule has 6 aromatic rings. The van der Waals surface area contributed by atoms with E-state index in [2.05, 4.69) is 135 Å². The molecule has 46 heavy (non-hydrogen) atoms. The summed E-state index contributed by atoms with van der Waals surface area (Å²) in [5.74, 6) is 0.706. The molecule has 0 bridgehead atoms. The first-order chi connectivity index (χ1) is 21.8. The van der Waals surface area contributed by atoms with E-state index < -0.39 is 0 Å². The Hall–Kier alpha value is -4.01. The molecule has 8 rings (SSSR count). The number of para-hydroxylation sites is 1. The summed E-state index contributed by atoms with van der Waals surface area (Å²) in [6.45, 7) is 8.95. The minimum Gasteiger partial charge on any atom is -0.514 e. The molecule has 1 aliphatic carbocycles. The summed E-state index contributed by atoms with van der Waals surface area (Å²) in [7, 11) is 0. The fourth-order valence-corrected chi connectivity index (χ4v) is 7.04. The number of hydrogen-bond acceptors (Lipinski definition) is 3. The number of aromatic nitrogens is 2. The van der Waals surface area contributed by atoms with Crippen LogP contribution in [-0.2, 0) is 31.2 Å². The van der Waals surface area contributed by atoms with Crippen molar-refractivity contribution in [1.82, 2.24) is 9.55 Å². The van der Waals surface area contributed by atoms with Gasteiger partial charge in [0, 0.05) is 11.7 Å². The van der Waals surface area contributed by atoms with Crippen LogP contribution in [0.1, 0.15) is 64.5 Å². The number of ether oxygens (including phenoxy) is 1. The second-order valence-corrected chi connectivity index (χ2v) is 13.8. The summed E-state index contributed by atoms with van der Waals surface area (Å²) in [4.78, 5) is 9.98. The van der Waals surface area contributed by atoms with Crippen molar-refractivity contribution in [2.75, 3.05) is 0 Å². The molecule has 2 aromatic heterocycles. The Morgan fingerprint density at radius 1 is 0.826 bits per heavy atom. The van der Waals surface area contributed by atoms with Crippen molar-refractivity contribution < 1.29 is 25.8 Å². The van der Waals surface area contributed by atoms with Gasteiger partial charge in [-0.1, -0.05) is 98.3 Å². The van der Waals surface area contributed by atoms with Gasteiger partial charge in [-0.3, -0.25) is 4.99 Å². The van der Waals surface area contributed by atoms with Gasteiger partial charge < -0.3 is 14.3 Å². The molecular formula is C41H37N3OPt. The van der Waals surface area contributed by atoms with Crippen molar-refractivity contribution in [3.05, 3.63) is 120 Å². The smallest absolute Gasteiger partial charge is 0.514 e. The summed E-state index contributed by atoms with van der Waals surface area (Å²) < 4.78 is 8.90. The molecule has 5 heteroatoms. The summed E-state index contributed by atoms with van der Waals surface area (Å²) in [6, 6.07) is 39.8. The molecule has 0 saturated heterocycles. The zero-order valence-corrected chi connectivity index (χ0v) is 29.0. The quantitative estimate of drug-likeness (QED) is 0.167. The van der Waals surface area contributed by atoms with Gasteiger partial charge in [-0.15, -0.1) is 42.0 Å². The zero-order valence-electron chi connectivity index (χ0n) is 26.7. The summed E-state index contributed by atoms with van der Waals surface area (Å²) >= 11 is 0. The van der Waals surface area contributed by atoms with Gasteiger partial charge in [0.25, 0.3) is 0 Å². The van der Waals surface area contributed by atoms with Crippen molar-refractivity contribution in [1.29, 1.82) is 0 Å². The van der Waals surface area contributed by atoms with E-state index in [9.17, 15) is 0 Å². The molecule has 2 aliphatic rings. The first-order valence-corrected chi connectivity index (χ1v) is 16.1. The number of hydrogen-bond donors (Lipinski definition) is 0. The average molecular weight is 783 g/mol. The van der Waals surface area contributed by atoms with Crippen LogP contribution >= 0.6 is 0 Å². The maximum Gasteiger partial charge on any atom is 2.00 e. The van der Waals surface area contributed by atoms with Gasteiger partial charge in [0.2, 0.25) is 0 Å². The van der Waals surface area contributed by atoms with Gasteiger partial charge in [-0.05, 0) is 77.1 Å². The van der Waals surface area contributed by atoms with Crippen LogP contribution in [0.15, 0.2) is 102 Å². The molecule has 3 heterocycles. The van der Waals surface area contributed by atoms with E-state index in [0.717, 1.165) is 62.9 Å². The normalized spacial score (nSPS) is 19.4. The van der Waals surface area contributed by atoms with Crippen LogP contribution < -0.4 is 0 Å². The van der Waals surface area contributed by atoms with Crippen LogP contribution in [0.4, 0.5) is 0 Å². The number of fused-ring (bicyclic) bond motifs is 4. The second-order valence-electron chi connectivity index (χ2n) is 13.8. The Labute approximate surface area is 285 Å². The van der Waals surface area contributed by atoms with Gasteiger partial charge in [0.1, 0.15) is 12.0 Å². The Balaban J connectivity index is 0.00000338. The third-order valence-corrected chi connectivity index (χ3v) is 9.62. The molecule has 232 valence electrons. The largest absolute Gasteiger partial charge is 2.00 e. The molecular weight excluding hydrogens is 746 g/mol. The Kier molecular flexibility index (Phi) is 7.76. The number of benzene rings is 4. The third-order valence-electron chi connectivity index (χ3n) is 9.62. The van der Waals surface area contributed by atoms with Crippen LogP contribution in [0.3, 0.4) is 0 Å². The van der Waals surface area contributed by atoms with E-state index in [1.165, 1.54) is 23.8 Å². The van der Waals surface area contributed by atoms with Crippen molar-refractivity contribution in [3.63, 3.8) is 0 Å². The standard InChI is InChI=1S/C41H37N3O.Pt/c1-40(2,3)31-19-21-42-35(26-31)28-17-18-34-33-14-8-9-15-36(33)44(37(34)25-28)32-23-29(27-12-6-5-7-13-27)22-30(24-32)39-43-41(4)20-11-10-16-38(41)45-39;/h5-9,12-15,17-19,21-23,26,38H,10-11,16,20H2,1-4H3;/q-2;+2/t38-,41+;/m0./s1. The number of aliphatic imine (C=N–C) groups is 1. The fraction of sp³-hybridized carbons (Fsp3) is 0.268. The van der Waals surface area contributed by atoms with E-state index in [4.69, 9.17) is 14.7 Å². The molecule has 0 spiro atoms. The minimum atomic E-state index is -0.172. The maximum atomic E-state index is 6.60. The predicted octanol–water partition coefficient (Wildman–Crippen LogP) is 9.89. The van der Waals surface area contributed by atoms with Crippen molar-refractivity contribution in [2.24, 2.45) is 4.99 Å². The zero-order chi connectivity index (χ0) is 30.8. The summed E-state index contributed by atoms with van der Waals surface area (Å²) in [5, 5.41) is 2.33. The topological polar surface area (TPSA) is 39.4 Å². The average Bonchev–Trinajstić information content (AvgIpc) is 3.59. The predicted molar refractivity (Wildman–Crippen MR) is 184 cm³/mol. The first-order valence-electron chi connectivity index (χ1n) is 16.1. The van der Waals surface area contributed by atoms with Gasteiger partial charge in [-0.25, -0.2) is 0 Å². The monoisotopic (exact) mass is 782 g/mol. The third kappa shape index (κ3) is 5.31. The molecule has 1 saturated carbocycles. The van der Waals surface area contributed by atoms with E-state index >= 15 is 0 Å². The molecule has 2 atom stereocenters. The number of pyridine rings is 1. The van der Waals surface area contributed by atoms with Crippen molar-refractivity contribution in [3.8, 4) is 28.1 Å². The molecule has 0 radical (unpaired) electrons. The Morgan fingerprint density at radius 2 is 1.63 bits per heavy atom. The van der Waals surface area contributed by atoms with Gasteiger partial charge in [0.05, 0.1) is 5.54 Å². The molecule has 0 unspecified atom stereocenters. The molecule has 4 nitrogen and oxygen atoms in total. The summed E-state index contributed by atoms with van der Waals surface area (Å²) in [6.07, 6.45) is 6.52. The molecule has 0 N–H and O–H groups in total. The SMILES string of the molecule is CC(C)(C)c1ccnc(-c2[c-]c3c(cc2)c2ccccc2n3-c2[c-]c(C3=N[C@]4(C)CCCC[C@@H]4O3)cc(-c3ccccc3)c2)c1.[Pt+2].